The van der Waals surface area contributed by atoms with E-state index in [-0.39, 0.29) is 17.1 Å². The van der Waals surface area contributed by atoms with Crippen molar-refractivity contribution < 1.29 is 9.21 Å². The summed E-state index contributed by atoms with van der Waals surface area (Å²) < 4.78 is 5.76. The average Bonchev–Trinajstić information content (AvgIpc) is 3.20. The Kier molecular flexibility index (Phi) is 5.30. The molecule has 2 aromatic rings. The first-order valence-corrected chi connectivity index (χ1v) is 10.2. The predicted octanol–water partition coefficient (Wildman–Crippen LogP) is 3.44. The van der Waals surface area contributed by atoms with Gasteiger partial charge in [0.2, 0.25) is 0 Å². The van der Waals surface area contributed by atoms with Crippen molar-refractivity contribution in [1.29, 1.82) is 0 Å². The third kappa shape index (κ3) is 4.08. The van der Waals surface area contributed by atoms with E-state index in [0.29, 0.717) is 16.9 Å². The molecule has 2 aliphatic rings. The van der Waals surface area contributed by atoms with Gasteiger partial charge in [-0.2, -0.15) is 0 Å². The van der Waals surface area contributed by atoms with Crippen molar-refractivity contribution in [2.45, 2.75) is 39.0 Å². The zero-order valence-electron chi connectivity index (χ0n) is 16.1. The van der Waals surface area contributed by atoms with Crippen LogP contribution in [0.1, 0.15) is 48.2 Å². The zero-order chi connectivity index (χ0) is 18.8. The molecule has 0 atom stereocenters. The van der Waals surface area contributed by atoms with E-state index in [1.54, 1.807) is 12.1 Å². The summed E-state index contributed by atoms with van der Waals surface area (Å²) in [6.07, 6.45) is 5.98. The SMILES string of the molecule is Cc1ccc2oc(C(=O)N3CCC(CCN4CCCC4)CC3)cc(=O)c2c1. The minimum atomic E-state index is -0.160. The molecular weight excluding hydrogens is 340 g/mol. The molecule has 5 heteroatoms. The fraction of sp³-hybridized carbons (Fsp3) is 0.545. The predicted molar refractivity (Wildman–Crippen MR) is 106 cm³/mol. The Morgan fingerprint density at radius 3 is 2.59 bits per heavy atom. The number of fused-ring (bicyclic) bond motifs is 1. The second kappa shape index (κ2) is 7.85. The highest BCUT2D eigenvalue weighted by Crippen LogP contribution is 2.23. The molecule has 0 saturated carbocycles. The highest BCUT2D eigenvalue weighted by atomic mass is 16.3. The molecule has 0 radical (unpaired) electrons. The molecule has 27 heavy (non-hydrogen) atoms. The molecule has 1 aromatic carbocycles. The van der Waals surface area contributed by atoms with Crippen LogP contribution < -0.4 is 5.43 Å². The van der Waals surface area contributed by atoms with Gasteiger partial charge in [-0.05, 0) is 76.7 Å². The van der Waals surface area contributed by atoms with E-state index < -0.39 is 0 Å². The molecule has 0 spiro atoms. The molecule has 144 valence electrons. The second-order valence-electron chi connectivity index (χ2n) is 8.05. The quantitative estimate of drug-likeness (QED) is 0.830. The smallest absolute Gasteiger partial charge is 0.289 e. The van der Waals surface area contributed by atoms with Crippen LogP contribution in [0.3, 0.4) is 0 Å². The Bertz CT molecular complexity index is 875. The molecule has 2 saturated heterocycles. The number of hydrogen-bond acceptors (Lipinski definition) is 4. The monoisotopic (exact) mass is 368 g/mol. The van der Waals surface area contributed by atoms with Gasteiger partial charge in [0.25, 0.3) is 5.91 Å². The Morgan fingerprint density at radius 2 is 1.85 bits per heavy atom. The molecule has 4 rings (SSSR count). The van der Waals surface area contributed by atoms with E-state index >= 15 is 0 Å². The lowest BCUT2D eigenvalue weighted by atomic mass is 9.93. The third-order valence-electron chi connectivity index (χ3n) is 6.05. The van der Waals surface area contributed by atoms with Crippen LogP contribution in [0.25, 0.3) is 11.0 Å². The van der Waals surface area contributed by atoms with Crippen LogP contribution in [0, 0.1) is 12.8 Å². The largest absolute Gasteiger partial charge is 0.451 e. The van der Waals surface area contributed by atoms with Crippen LogP contribution in [0.4, 0.5) is 0 Å². The van der Waals surface area contributed by atoms with Crippen molar-refractivity contribution >= 4 is 16.9 Å². The molecule has 5 nitrogen and oxygen atoms in total. The number of carbonyl (C=O) groups is 1. The fourth-order valence-electron chi connectivity index (χ4n) is 4.33. The number of likely N-dealkylation sites (tertiary alicyclic amines) is 2. The van der Waals surface area contributed by atoms with Crippen molar-refractivity contribution in [3.8, 4) is 0 Å². The van der Waals surface area contributed by atoms with Gasteiger partial charge in [-0.1, -0.05) is 11.6 Å². The molecule has 0 N–H and O–H groups in total. The molecule has 1 aromatic heterocycles. The Labute approximate surface area is 159 Å². The number of benzene rings is 1. The summed E-state index contributed by atoms with van der Waals surface area (Å²) in [7, 11) is 0. The summed E-state index contributed by atoms with van der Waals surface area (Å²) in [5, 5.41) is 0.534. The number of rotatable bonds is 4. The van der Waals surface area contributed by atoms with Gasteiger partial charge in [0.05, 0.1) is 5.39 Å². The van der Waals surface area contributed by atoms with Crippen molar-refractivity contribution in [2.24, 2.45) is 5.92 Å². The minimum absolute atomic E-state index is 0.149. The third-order valence-corrected chi connectivity index (χ3v) is 6.05. The molecule has 0 aliphatic carbocycles. The number of carbonyl (C=O) groups excluding carboxylic acids is 1. The number of piperidine rings is 1. The van der Waals surface area contributed by atoms with Crippen LogP contribution in [-0.2, 0) is 0 Å². The maximum absolute atomic E-state index is 12.8. The molecule has 2 fully saturated rings. The summed E-state index contributed by atoms with van der Waals surface area (Å²) >= 11 is 0. The summed E-state index contributed by atoms with van der Waals surface area (Å²) in [6.45, 7) is 7.12. The van der Waals surface area contributed by atoms with Crippen molar-refractivity contribution in [3.63, 3.8) is 0 Å². The lowest BCUT2D eigenvalue weighted by Crippen LogP contribution is -2.39. The molecule has 2 aliphatic heterocycles. The summed E-state index contributed by atoms with van der Waals surface area (Å²) in [5.41, 5.74) is 1.34. The normalized spacial score (nSPS) is 19.1. The Morgan fingerprint density at radius 1 is 1.11 bits per heavy atom. The molecule has 1 amide bonds. The first-order chi connectivity index (χ1) is 13.1. The number of aryl methyl sites for hydroxylation is 1. The van der Waals surface area contributed by atoms with Crippen molar-refractivity contribution in [2.75, 3.05) is 32.7 Å². The highest BCUT2D eigenvalue weighted by molar-refractivity contribution is 5.93. The fourth-order valence-corrected chi connectivity index (χ4v) is 4.33. The van der Waals surface area contributed by atoms with Gasteiger partial charge in [0.1, 0.15) is 5.58 Å². The van der Waals surface area contributed by atoms with Crippen LogP contribution in [0.15, 0.2) is 33.5 Å². The Hall–Kier alpha value is -2.14. The molecule has 3 heterocycles. The first kappa shape index (κ1) is 18.2. The van der Waals surface area contributed by atoms with Crippen molar-refractivity contribution in [3.05, 3.63) is 45.8 Å². The summed E-state index contributed by atoms with van der Waals surface area (Å²) in [4.78, 5) is 29.6. The zero-order valence-corrected chi connectivity index (χ0v) is 16.1. The number of nitrogens with zero attached hydrogens (tertiary/aromatic N) is 2. The topological polar surface area (TPSA) is 53.8 Å². The lowest BCUT2D eigenvalue weighted by Gasteiger charge is -2.32. The van der Waals surface area contributed by atoms with E-state index in [2.05, 4.69) is 4.90 Å². The molecule has 0 unspecified atom stereocenters. The molecule has 0 bridgehead atoms. The summed E-state index contributed by atoms with van der Waals surface area (Å²) in [6, 6.07) is 6.82. The average molecular weight is 368 g/mol. The van der Waals surface area contributed by atoms with Gasteiger partial charge in [-0.3, -0.25) is 9.59 Å². The first-order valence-electron chi connectivity index (χ1n) is 10.2. The summed E-state index contributed by atoms with van der Waals surface area (Å²) in [5.74, 6) is 0.695. The van der Waals surface area contributed by atoms with E-state index in [9.17, 15) is 9.59 Å². The molecular formula is C22H28N2O3. The van der Waals surface area contributed by atoms with Gasteiger partial charge in [-0.25, -0.2) is 0 Å². The van der Waals surface area contributed by atoms with E-state index in [1.807, 2.05) is 17.9 Å². The van der Waals surface area contributed by atoms with Gasteiger partial charge in [-0.15, -0.1) is 0 Å². The maximum Gasteiger partial charge on any atom is 0.289 e. The van der Waals surface area contributed by atoms with E-state index in [0.717, 1.165) is 31.5 Å². The van der Waals surface area contributed by atoms with Crippen molar-refractivity contribution in [1.82, 2.24) is 9.80 Å². The van der Waals surface area contributed by atoms with Crippen LogP contribution in [0.5, 0.6) is 0 Å². The maximum atomic E-state index is 12.8. The number of amides is 1. The minimum Gasteiger partial charge on any atom is -0.451 e. The van der Waals surface area contributed by atoms with Crippen LogP contribution in [-0.4, -0.2) is 48.4 Å². The standard InChI is InChI=1S/C22H28N2O3/c1-16-4-5-20-18(14-16)19(25)15-21(27-20)22(26)24-12-7-17(8-13-24)6-11-23-9-2-3-10-23/h4-5,14-15,17H,2-3,6-13H2,1H3. The van der Waals surface area contributed by atoms with Gasteiger partial charge in [0, 0.05) is 19.2 Å². The van der Waals surface area contributed by atoms with Crippen LogP contribution in [0.2, 0.25) is 0 Å². The van der Waals surface area contributed by atoms with Gasteiger partial charge in [0.15, 0.2) is 11.2 Å². The van der Waals surface area contributed by atoms with E-state index in [4.69, 9.17) is 4.42 Å². The van der Waals surface area contributed by atoms with Gasteiger partial charge >= 0.3 is 0 Å². The van der Waals surface area contributed by atoms with E-state index in [1.165, 1.54) is 45.0 Å². The lowest BCUT2D eigenvalue weighted by molar-refractivity contribution is 0.0651. The highest BCUT2D eigenvalue weighted by Gasteiger charge is 2.26. The Balaban J connectivity index is 1.38. The van der Waals surface area contributed by atoms with Crippen LogP contribution >= 0.6 is 0 Å². The number of hydrogen-bond donors (Lipinski definition) is 0. The second-order valence-corrected chi connectivity index (χ2v) is 8.05. The van der Waals surface area contributed by atoms with Gasteiger partial charge < -0.3 is 14.2 Å².